The van der Waals surface area contributed by atoms with Crippen LogP contribution in [-0.2, 0) is 19.6 Å². The van der Waals surface area contributed by atoms with Crippen molar-refractivity contribution in [2.45, 2.75) is 30.8 Å². The Morgan fingerprint density at radius 1 is 1.09 bits per heavy atom. The number of carbonyl (C=O) groups excluding carboxylic acids is 2. The van der Waals surface area contributed by atoms with E-state index in [1.807, 2.05) is 24.3 Å². The van der Waals surface area contributed by atoms with Crippen molar-refractivity contribution in [3.05, 3.63) is 58.4 Å². The van der Waals surface area contributed by atoms with Gasteiger partial charge in [0.2, 0.25) is 10.0 Å². The molecule has 1 aliphatic heterocycles. The fourth-order valence-corrected chi connectivity index (χ4v) is 6.35. The van der Waals surface area contributed by atoms with Crippen LogP contribution >= 0.6 is 22.9 Å². The maximum atomic E-state index is 12.6. The lowest BCUT2D eigenvalue weighted by atomic mass is 10.2. The average Bonchev–Trinajstić information content (AvgIpc) is 3.43. The number of amides is 1. The summed E-state index contributed by atoms with van der Waals surface area (Å²) in [5, 5.41) is 3.69. The van der Waals surface area contributed by atoms with E-state index in [0.29, 0.717) is 23.8 Å². The number of hydrogen-bond acceptors (Lipinski definition) is 6. The largest absolute Gasteiger partial charge is 0.448 e. The third kappa shape index (κ3) is 4.52. The van der Waals surface area contributed by atoms with Crippen molar-refractivity contribution in [1.82, 2.24) is 4.31 Å². The van der Waals surface area contributed by atoms with Crippen molar-refractivity contribution in [2.75, 3.05) is 18.4 Å². The van der Waals surface area contributed by atoms with Crippen LogP contribution in [-0.4, -0.2) is 43.8 Å². The van der Waals surface area contributed by atoms with E-state index in [9.17, 15) is 18.0 Å². The zero-order valence-corrected chi connectivity index (χ0v) is 19.6. The third-order valence-electron chi connectivity index (χ3n) is 5.20. The van der Waals surface area contributed by atoms with Crippen LogP contribution in [0.25, 0.3) is 10.1 Å². The van der Waals surface area contributed by atoms with Crippen LogP contribution in [0.5, 0.6) is 0 Å². The lowest BCUT2D eigenvalue weighted by molar-refractivity contribution is -0.123. The van der Waals surface area contributed by atoms with Crippen LogP contribution < -0.4 is 5.32 Å². The molecule has 1 fully saturated rings. The first-order valence-corrected chi connectivity index (χ1v) is 12.7. The van der Waals surface area contributed by atoms with Crippen molar-refractivity contribution in [2.24, 2.45) is 0 Å². The number of halogens is 1. The molecule has 32 heavy (non-hydrogen) atoms. The Morgan fingerprint density at radius 3 is 2.41 bits per heavy atom. The Morgan fingerprint density at radius 2 is 1.75 bits per heavy atom. The van der Waals surface area contributed by atoms with Crippen molar-refractivity contribution < 1.29 is 22.7 Å². The minimum Gasteiger partial charge on any atom is -0.448 e. The van der Waals surface area contributed by atoms with Crippen molar-refractivity contribution in [3.8, 4) is 0 Å². The maximum absolute atomic E-state index is 12.6. The molecule has 1 N–H and O–H groups in total. The van der Waals surface area contributed by atoms with E-state index in [1.54, 1.807) is 0 Å². The molecule has 10 heteroatoms. The van der Waals surface area contributed by atoms with Gasteiger partial charge in [-0.25, -0.2) is 13.2 Å². The Balaban J connectivity index is 1.40. The molecule has 0 spiro atoms. The molecule has 0 unspecified atom stereocenters. The molecule has 7 nitrogen and oxygen atoms in total. The summed E-state index contributed by atoms with van der Waals surface area (Å²) >= 11 is 7.50. The van der Waals surface area contributed by atoms with Crippen LogP contribution in [0, 0.1) is 0 Å². The summed E-state index contributed by atoms with van der Waals surface area (Å²) < 4.78 is 32.8. The second-order valence-electron chi connectivity index (χ2n) is 7.41. The lowest BCUT2D eigenvalue weighted by Gasteiger charge is -2.16. The molecule has 0 saturated carbocycles. The van der Waals surface area contributed by atoms with Gasteiger partial charge in [0.1, 0.15) is 4.88 Å². The van der Waals surface area contributed by atoms with E-state index in [-0.39, 0.29) is 9.77 Å². The van der Waals surface area contributed by atoms with Crippen LogP contribution in [0.2, 0.25) is 5.02 Å². The van der Waals surface area contributed by atoms with Gasteiger partial charge in [-0.05, 0) is 50.1 Å². The second kappa shape index (κ2) is 9.19. The molecular weight excluding hydrogens is 472 g/mol. The summed E-state index contributed by atoms with van der Waals surface area (Å²) in [5.74, 6) is -1.21. The zero-order valence-electron chi connectivity index (χ0n) is 17.2. The number of anilines is 1. The summed E-state index contributed by atoms with van der Waals surface area (Å²) in [5.41, 5.74) is 0.401. The minimum absolute atomic E-state index is 0.177. The number of carbonyl (C=O) groups is 2. The van der Waals surface area contributed by atoms with E-state index < -0.39 is 28.0 Å². The third-order valence-corrected chi connectivity index (χ3v) is 8.77. The number of benzene rings is 2. The Labute approximate surface area is 195 Å². The van der Waals surface area contributed by atoms with E-state index in [0.717, 1.165) is 22.9 Å². The highest BCUT2D eigenvalue weighted by Crippen LogP contribution is 2.35. The molecule has 1 aromatic heterocycles. The van der Waals surface area contributed by atoms with Gasteiger partial charge in [-0.15, -0.1) is 11.3 Å². The summed E-state index contributed by atoms with van der Waals surface area (Å²) in [6.07, 6.45) is 0.643. The number of fused-ring (bicyclic) bond motifs is 1. The number of rotatable bonds is 6. The second-order valence-corrected chi connectivity index (χ2v) is 10.8. The van der Waals surface area contributed by atoms with Crippen LogP contribution in [0.3, 0.4) is 0 Å². The monoisotopic (exact) mass is 492 g/mol. The molecule has 3 aromatic rings. The highest BCUT2D eigenvalue weighted by Gasteiger charge is 2.27. The van der Waals surface area contributed by atoms with Gasteiger partial charge in [0, 0.05) is 28.9 Å². The van der Waals surface area contributed by atoms with E-state index >= 15 is 0 Å². The molecule has 2 heterocycles. The van der Waals surface area contributed by atoms with Crippen LogP contribution in [0.4, 0.5) is 5.69 Å². The normalized spacial score (nSPS) is 15.6. The van der Waals surface area contributed by atoms with Gasteiger partial charge in [-0.1, -0.05) is 29.8 Å². The van der Waals surface area contributed by atoms with Crippen molar-refractivity contribution in [1.29, 1.82) is 0 Å². The van der Waals surface area contributed by atoms with Gasteiger partial charge in [-0.3, -0.25) is 4.79 Å². The van der Waals surface area contributed by atoms with Gasteiger partial charge < -0.3 is 10.1 Å². The number of ether oxygens (including phenoxy) is 1. The van der Waals surface area contributed by atoms with Gasteiger partial charge in [0.15, 0.2) is 6.10 Å². The fraction of sp³-hybridized carbons (Fsp3) is 0.273. The molecule has 1 saturated heterocycles. The molecule has 0 radical (unpaired) electrons. The van der Waals surface area contributed by atoms with Crippen molar-refractivity contribution >= 4 is 60.6 Å². The van der Waals surface area contributed by atoms with Crippen LogP contribution in [0.1, 0.15) is 29.4 Å². The van der Waals surface area contributed by atoms with Crippen LogP contribution in [0.15, 0.2) is 53.4 Å². The smallest absolute Gasteiger partial charge is 0.350 e. The number of thiophene rings is 1. The number of esters is 1. The first kappa shape index (κ1) is 22.7. The minimum atomic E-state index is -3.52. The topological polar surface area (TPSA) is 92.8 Å². The van der Waals surface area contributed by atoms with Crippen molar-refractivity contribution in [3.63, 3.8) is 0 Å². The summed E-state index contributed by atoms with van der Waals surface area (Å²) in [6, 6.07) is 13.3. The fourth-order valence-electron chi connectivity index (χ4n) is 3.44. The molecular formula is C22H21ClN2O5S2. The predicted octanol–water partition coefficient (Wildman–Crippen LogP) is 4.52. The molecule has 0 bridgehead atoms. The quantitative estimate of drug-likeness (QED) is 0.510. The highest BCUT2D eigenvalue weighted by molar-refractivity contribution is 7.89. The number of sulfonamides is 1. The first-order chi connectivity index (χ1) is 15.3. The van der Waals surface area contributed by atoms with Gasteiger partial charge >= 0.3 is 5.97 Å². The summed E-state index contributed by atoms with van der Waals surface area (Å²) in [4.78, 5) is 25.4. The van der Waals surface area contributed by atoms with E-state index in [1.165, 1.54) is 46.8 Å². The number of nitrogens with one attached hydrogen (secondary N) is 1. The highest BCUT2D eigenvalue weighted by atomic mass is 35.5. The van der Waals surface area contributed by atoms with E-state index in [4.69, 9.17) is 16.3 Å². The molecule has 2 aromatic carbocycles. The number of nitrogens with zero attached hydrogens (tertiary/aromatic N) is 1. The van der Waals surface area contributed by atoms with Gasteiger partial charge in [0.05, 0.1) is 9.92 Å². The average molecular weight is 493 g/mol. The predicted molar refractivity (Wildman–Crippen MR) is 125 cm³/mol. The molecule has 1 aliphatic rings. The van der Waals surface area contributed by atoms with E-state index in [2.05, 4.69) is 5.32 Å². The first-order valence-electron chi connectivity index (χ1n) is 10.1. The van der Waals surface area contributed by atoms with Gasteiger partial charge in [0.25, 0.3) is 5.91 Å². The Bertz CT molecular complexity index is 1270. The zero-order chi connectivity index (χ0) is 22.9. The molecule has 1 amide bonds. The lowest BCUT2D eigenvalue weighted by Crippen LogP contribution is -2.30. The molecule has 168 valence electrons. The Hall–Kier alpha value is -2.46. The summed E-state index contributed by atoms with van der Waals surface area (Å²) in [7, 11) is -3.52. The Kier molecular flexibility index (Phi) is 6.52. The maximum Gasteiger partial charge on any atom is 0.350 e. The molecule has 1 atom stereocenters. The van der Waals surface area contributed by atoms with Gasteiger partial charge in [-0.2, -0.15) is 4.31 Å². The SMILES string of the molecule is C[C@@H](OC(=O)c1sc2ccccc2c1Cl)C(=O)Nc1ccc(S(=O)(=O)N2CCCC2)cc1. The molecule has 4 rings (SSSR count). The summed E-state index contributed by atoms with van der Waals surface area (Å²) in [6.45, 7) is 2.50. The molecule has 0 aliphatic carbocycles. The number of hydrogen-bond donors (Lipinski definition) is 1. The standard InChI is InChI=1S/C22H21ClN2O5S2/c1-14(30-22(27)20-19(23)17-6-2-3-7-18(17)31-20)21(26)24-15-8-10-16(11-9-15)32(28,29)25-12-4-5-13-25/h2-3,6-11,14H,4-5,12-13H2,1H3,(H,24,26)/t14-/m1/s1.